The van der Waals surface area contributed by atoms with Crippen LogP contribution in [0.5, 0.6) is 5.75 Å². The Hall–Kier alpha value is -2.57. The average molecular weight is 421 g/mol. The van der Waals surface area contributed by atoms with Gasteiger partial charge in [-0.05, 0) is 49.6 Å². The number of nitrogens with one attached hydrogen (secondary N) is 2. The Labute approximate surface area is 182 Å². The normalized spacial score (nSPS) is 14.0. The predicted octanol–water partition coefficient (Wildman–Crippen LogP) is 5.97. The largest absolute Gasteiger partial charge is 0.493 e. The fourth-order valence-corrected chi connectivity index (χ4v) is 4.57. The second-order valence-corrected chi connectivity index (χ2v) is 8.24. The zero-order chi connectivity index (χ0) is 20.6. The molecule has 0 unspecified atom stereocenters. The van der Waals surface area contributed by atoms with Crippen LogP contribution in [0.1, 0.15) is 38.2 Å². The van der Waals surface area contributed by atoms with E-state index in [1.165, 1.54) is 31.2 Å². The molecule has 1 aliphatic carbocycles. The summed E-state index contributed by atoms with van der Waals surface area (Å²) in [5.74, 6) is 2.57. The molecule has 156 valence electrons. The number of ether oxygens (including phenoxy) is 1. The highest BCUT2D eigenvalue weighted by Gasteiger charge is 2.14. The lowest BCUT2D eigenvalue weighted by atomic mass is 10.1. The van der Waals surface area contributed by atoms with E-state index in [1.807, 2.05) is 49.2 Å². The van der Waals surface area contributed by atoms with Crippen molar-refractivity contribution in [2.24, 2.45) is 0 Å². The molecule has 3 aromatic rings. The molecule has 0 spiro atoms. The first-order chi connectivity index (χ1) is 14.8. The summed E-state index contributed by atoms with van der Waals surface area (Å²) in [6, 6.07) is 19.1. The third kappa shape index (κ3) is 5.52. The lowest BCUT2D eigenvalue weighted by molar-refractivity contribution is 0.341. The second kappa shape index (κ2) is 10.5. The van der Waals surface area contributed by atoms with Gasteiger partial charge in [0.1, 0.15) is 17.9 Å². The number of rotatable bonds is 9. The van der Waals surface area contributed by atoms with Gasteiger partial charge in [-0.1, -0.05) is 49.1 Å². The van der Waals surface area contributed by atoms with Gasteiger partial charge < -0.3 is 10.1 Å². The van der Waals surface area contributed by atoms with Crippen LogP contribution in [-0.4, -0.2) is 22.6 Å². The Morgan fingerprint density at radius 3 is 2.63 bits per heavy atom. The standard InChI is InChI=1S/C24H28N4OS/c1-2-29-23-10-6-5-9-21(23)22-15-24(26-17-25-22)27-19-13-11-18(12-14-19)16-30-28-20-7-3-4-8-20/h5-6,9-15,17,20,28H,2-4,7-8,16H2,1H3,(H,25,26,27). The molecule has 6 heteroatoms. The van der Waals surface area contributed by atoms with Gasteiger partial charge in [0.15, 0.2) is 0 Å². The van der Waals surface area contributed by atoms with Gasteiger partial charge in [0.2, 0.25) is 0 Å². The van der Waals surface area contributed by atoms with Crippen molar-refractivity contribution >= 4 is 23.5 Å². The van der Waals surface area contributed by atoms with E-state index in [0.29, 0.717) is 12.6 Å². The maximum Gasteiger partial charge on any atom is 0.134 e. The van der Waals surface area contributed by atoms with E-state index in [9.17, 15) is 0 Å². The Bertz CT molecular complexity index is 942. The highest BCUT2D eigenvalue weighted by molar-refractivity contribution is 7.96. The van der Waals surface area contributed by atoms with Gasteiger partial charge in [0.05, 0.1) is 12.3 Å². The first-order valence-corrected chi connectivity index (χ1v) is 11.6. The molecule has 0 saturated heterocycles. The Kier molecular flexibility index (Phi) is 7.21. The van der Waals surface area contributed by atoms with Crippen LogP contribution in [0, 0.1) is 0 Å². The molecule has 2 aromatic carbocycles. The predicted molar refractivity (Wildman–Crippen MR) is 125 cm³/mol. The Balaban J connectivity index is 1.38. The monoisotopic (exact) mass is 420 g/mol. The van der Waals surface area contributed by atoms with Crippen LogP contribution in [0.2, 0.25) is 0 Å². The molecule has 30 heavy (non-hydrogen) atoms. The molecule has 0 bridgehead atoms. The summed E-state index contributed by atoms with van der Waals surface area (Å²) in [6.07, 6.45) is 6.93. The van der Waals surface area contributed by atoms with E-state index in [1.54, 1.807) is 6.33 Å². The number of para-hydroxylation sites is 1. The molecule has 1 heterocycles. The van der Waals surface area contributed by atoms with Gasteiger partial charge in [-0.2, -0.15) is 0 Å². The minimum atomic E-state index is 0.619. The molecule has 1 saturated carbocycles. The summed E-state index contributed by atoms with van der Waals surface area (Å²) in [7, 11) is 0. The Morgan fingerprint density at radius 1 is 1.03 bits per heavy atom. The van der Waals surface area contributed by atoms with Crippen molar-refractivity contribution in [1.82, 2.24) is 14.7 Å². The third-order valence-corrected chi connectivity index (χ3v) is 6.18. The summed E-state index contributed by atoms with van der Waals surface area (Å²) in [6.45, 7) is 2.60. The van der Waals surface area contributed by atoms with Crippen LogP contribution in [0.3, 0.4) is 0 Å². The lowest BCUT2D eigenvalue weighted by Gasteiger charge is -2.12. The van der Waals surface area contributed by atoms with Crippen LogP contribution in [0.25, 0.3) is 11.3 Å². The minimum absolute atomic E-state index is 0.619. The van der Waals surface area contributed by atoms with Gasteiger partial charge in [0, 0.05) is 29.1 Å². The number of hydrogen-bond donors (Lipinski definition) is 2. The number of nitrogens with zero attached hydrogens (tertiary/aromatic N) is 2. The third-order valence-electron chi connectivity index (χ3n) is 5.20. The average Bonchev–Trinajstić information content (AvgIpc) is 3.29. The van der Waals surface area contributed by atoms with E-state index in [0.717, 1.165) is 34.3 Å². The molecule has 0 radical (unpaired) electrons. The van der Waals surface area contributed by atoms with Crippen LogP contribution >= 0.6 is 11.9 Å². The number of hydrogen-bond acceptors (Lipinski definition) is 6. The van der Waals surface area contributed by atoms with Crippen molar-refractivity contribution in [1.29, 1.82) is 0 Å². The molecular weight excluding hydrogens is 392 g/mol. The van der Waals surface area contributed by atoms with Crippen LogP contribution in [-0.2, 0) is 5.75 Å². The fraction of sp³-hybridized carbons (Fsp3) is 0.333. The van der Waals surface area contributed by atoms with Crippen molar-refractivity contribution in [3.63, 3.8) is 0 Å². The second-order valence-electron chi connectivity index (χ2n) is 7.43. The van der Waals surface area contributed by atoms with Crippen molar-refractivity contribution in [3.05, 3.63) is 66.5 Å². The molecule has 0 aliphatic heterocycles. The maximum atomic E-state index is 5.74. The quantitative estimate of drug-likeness (QED) is 0.416. The molecule has 0 atom stereocenters. The number of benzene rings is 2. The van der Waals surface area contributed by atoms with E-state index in [2.05, 4.69) is 44.3 Å². The van der Waals surface area contributed by atoms with Gasteiger partial charge in [0.25, 0.3) is 0 Å². The minimum Gasteiger partial charge on any atom is -0.493 e. The topological polar surface area (TPSA) is 59.1 Å². The van der Waals surface area contributed by atoms with Gasteiger partial charge in [-0.15, -0.1) is 0 Å². The molecule has 1 fully saturated rings. The van der Waals surface area contributed by atoms with Gasteiger partial charge in [-0.3, -0.25) is 4.72 Å². The summed E-state index contributed by atoms with van der Waals surface area (Å²) in [4.78, 5) is 8.81. The first-order valence-electron chi connectivity index (χ1n) is 10.6. The Morgan fingerprint density at radius 2 is 1.83 bits per heavy atom. The van der Waals surface area contributed by atoms with Crippen molar-refractivity contribution < 1.29 is 4.74 Å². The molecule has 2 N–H and O–H groups in total. The fourth-order valence-electron chi connectivity index (χ4n) is 3.65. The SMILES string of the molecule is CCOc1ccccc1-c1cc(Nc2ccc(CSNC3CCCC3)cc2)ncn1. The van der Waals surface area contributed by atoms with E-state index < -0.39 is 0 Å². The molecule has 1 aliphatic rings. The maximum absolute atomic E-state index is 5.74. The number of aromatic nitrogens is 2. The van der Waals surface area contributed by atoms with E-state index >= 15 is 0 Å². The van der Waals surface area contributed by atoms with Crippen molar-refractivity contribution in [3.8, 4) is 17.0 Å². The zero-order valence-electron chi connectivity index (χ0n) is 17.3. The molecule has 5 nitrogen and oxygen atoms in total. The van der Waals surface area contributed by atoms with Crippen LogP contribution in [0.15, 0.2) is 60.9 Å². The highest BCUT2D eigenvalue weighted by atomic mass is 32.2. The molecule has 4 rings (SSSR count). The summed E-state index contributed by atoms with van der Waals surface area (Å²) < 4.78 is 9.33. The lowest BCUT2D eigenvalue weighted by Crippen LogP contribution is -2.18. The molecule has 1 aromatic heterocycles. The van der Waals surface area contributed by atoms with Crippen LogP contribution < -0.4 is 14.8 Å². The summed E-state index contributed by atoms with van der Waals surface area (Å²) in [5, 5.41) is 3.38. The van der Waals surface area contributed by atoms with E-state index in [-0.39, 0.29) is 0 Å². The van der Waals surface area contributed by atoms with Crippen molar-refractivity contribution in [2.45, 2.75) is 44.4 Å². The van der Waals surface area contributed by atoms with E-state index in [4.69, 9.17) is 4.74 Å². The number of anilines is 2. The zero-order valence-corrected chi connectivity index (χ0v) is 18.1. The van der Waals surface area contributed by atoms with Crippen LogP contribution in [0.4, 0.5) is 11.5 Å². The first kappa shape index (κ1) is 20.7. The smallest absolute Gasteiger partial charge is 0.134 e. The summed E-state index contributed by atoms with van der Waals surface area (Å²) >= 11 is 1.82. The van der Waals surface area contributed by atoms with Crippen molar-refractivity contribution in [2.75, 3.05) is 11.9 Å². The highest BCUT2D eigenvalue weighted by Crippen LogP contribution is 2.30. The molecule has 0 amide bonds. The molecular formula is C24H28N4OS. The van der Waals surface area contributed by atoms with Gasteiger partial charge in [-0.25, -0.2) is 9.97 Å². The van der Waals surface area contributed by atoms with Gasteiger partial charge >= 0.3 is 0 Å². The summed E-state index contributed by atoms with van der Waals surface area (Å²) in [5.41, 5.74) is 4.12.